The molecule has 0 unspecified atom stereocenters. The Hall–Kier alpha value is -2.97. The molecule has 0 N–H and O–H groups in total. The van der Waals surface area contributed by atoms with E-state index in [0.717, 1.165) is 29.9 Å². The van der Waals surface area contributed by atoms with Crippen LogP contribution in [0.1, 0.15) is 30.9 Å². The normalized spacial score (nSPS) is 14.9. The van der Waals surface area contributed by atoms with Crippen LogP contribution in [0.2, 0.25) is 0 Å². The van der Waals surface area contributed by atoms with Gasteiger partial charge in [0.05, 0.1) is 17.2 Å². The Morgan fingerprint density at radius 2 is 1.62 bits per heavy atom. The molecule has 3 aromatic rings. The van der Waals surface area contributed by atoms with Gasteiger partial charge in [0.1, 0.15) is 5.75 Å². The molecule has 0 atom stereocenters. The molecule has 8 heteroatoms. The van der Waals surface area contributed by atoms with Crippen molar-refractivity contribution in [3.05, 3.63) is 65.7 Å². The van der Waals surface area contributed by atoms with E-state index in [1.54, 1.807) is 24.3 Å². The van der Waals surface area contributed by atoms with Crippen molar-refractivity contribution in [3.8, 4) is 17.0 Å². The maximum atomic E-state index is 13.1. The van der Waals surface area contributed by atoms with Gasteiger partial charge in [0.15, 0.2) is 5.82 Å². The van der Waals surface area contributed by atoms with Crippen LogP contribution < -0.4 is 9.64 Å². The van der Waals surface area contributed by atoms with Gasteiger partial charge in [-0.1, -0.05) is 25.5 Å². The van der Waals surface area contributed by atoms with Crippen molar-refractivity contribution in [2.45, 2.75) is 38.5 Å². The van der Waals surface area contributed by atoms with E-state index in [-0.39, 0.29) is 0 Å². The maximum absolute atomic E-state index is 13.1. The highest BCUT2D eigenvalue weighted by Crippen LogP contribution is 2.24. The van der Waals surface area contributed by atoms with E-state index in [4.69, 9.17) is 4.74 Å². The van der Waals surface area contributed by atoms with Crippen molar-refractivity contribution >= 4 is 15.8 Å². The fraction of sp³-hybridized carbons (Fsp3) is 0.385. The van der Waals surface area contributed by atoms with Crippen molar-refractivity contribution in [2.24, 2.45) is 0 Å². The molecule has 0 bridgehead atoms. The van der Waals surface area contributed by atoms with Crippen molar-refractivity contribution in [3.63, 3.8) is 0 Å². The van der Waals surface area contributed by atoms with Gasteiger partial charge in [-0.05, 0) is 73.9 Å². The van der Waals surface area contributed by atoms with E-state index in [0.29, 0.717) is 43.4 Å². The van der Waals surface area contributed by atoms with Crippen LogP contribution in [0.25, 0.3) is 11.3 Å². The van der Waals surface area contributed by atoms with Crippen LogP contribution in [-0.4, -0.2) is 55.7 Å². The zero-order chi connectivity index (χ0) is 24.1. The van der Waals surface area contributed by atoms with Crippen molar-refractivity contribution in [1.29, 1.82) is 0 Å². The number of unbranched alkanes of at least 4 members (excludes halogenated alkanes) is 1. The largest absolute Gasteiger partial charge is 0.494 e. The van der Waals surface area contributed by atoms with Gasteiger partial charge in [-0.15, -0.1) is 10.2 Å². The molecule has 1 aliphatic rings. The number of hydrogen-bond donors (Lipinski definition) is 0. The number of rotatable bonds is 8. The topological polar surface area (TPSA) is 75.6 Å². The third-order valence-corrected chi connectivity index (χ3v) is 8.16. The Morgan fingerprint density at radius 3 is 2.24 bits per heavy atom. The number of hydrogen-bond acceptors (Lipinski definition) is 6. The highest BCUT2D eigenvalue weighted by atomic mass is 32.2. The number of anilines is 1. The number of sulfonamides is 1. The van der Waals surface area contributed by atoms with Crippen LogP contribution in [0, 0.1) is 13.8 Å². The summed E-state index contributed by atoms with van der Waals surface area (Å²) in [5.41, 5.74) is 4.34. The average Bonchev–Trinajstić information content (AvgIpc) is 2.86. The Labute approximate surface area is 202 Å². The molecule has 1 aliphatic heterocycles. The predicted molar refractivity (Wildman–Crippen MR) is 135 cm³/mol. The third-order valence-electron chi connectivity index (χ3n) is 6.24. The molecule has 2 heterocycles. The molecule has 1 saturated heterocycles. The lowest BCUT2D eigenvalue weighted by molar-refractivity contribution is 0.309. The van der Waals surface area contributed by atoms with Crippen molar-refractivity contribution in [1.82, 2.24) is 14.5 Å². The summed E-state index contributed by atoms with van der Waals surface area (Å²) < 4.78 is 33.4. The smallest absolute Gasteiger partial charge is 0.243 e. The SMILES string of the molecule is CCCCOc1ccc(S(=O)(=O)N2CCN(c3ccc(-c4ccc(C)c(C)c4)nn3)CC2)cc1. The molecule has 0 radical (unpaired) electrons. The van der Waals surface area contributed by atoms with Gasteiger partial charge in [-0.2, -0.15) is 4.31 Å². The van der Waals surface area contributed by atoms with E-state index in [2.05, 4.69) is 54.1 Å². The number of aryl methyl sites for hydroxylation is 2. The molecule has 1 aromatic heterocycles. The minimum Gasteiger partial charge on any atom is -0.494 e. The van der Waals surface area contributed by atoms with Crippen molar-refractivity contribution < 1.29 is 13.2 Å². The first kappa shape index (κ1) is 24.2. The summed E-state index contributed by atoms with van der Waals surface area (Å²) in [4.78, 5) is 2.37. The summed E-state index contributed by atoms with van der Waals surface area (Å²) >= 11 is 0. The minimum absolute atomic E-state index is 0.293. The summed E-state index contributed by atoms with van der Waals surface area (Å²) in [5, 5.41) is 8.82. The van der Waals surface area contributed by atoms with Gasteiger partial charge >= 0.3 is 0 Å². The van der Waals surface area contributed by atoms with Gasteiger partial charge in [0.2, 0.25) is 10.0 Å². The Morgan fingerprint density at radius 1 is 0.882 bits per heavy atom. The summed E-state index contributed by atoms with van der Waals surface area (Å²) in [6.07, 6.45) is 2.03. The van der Waals surface area contributed by atoms with Gasteiger partial charge in [-0.25, -0.2) is 8.42 Å². The first-order valence-corrected chi connectivity index (χ1v) is 13.2. The lowest BCUT2D eigenvalue weighted by atomic mass is 10.0. The molecule has 7 nitrogen and oxygen atoms in total. The van der Waals surface area contributed by atoms with Crippen LogP contribution >= 0.6 is 0 Å². The second-order valence-corrected chi connectivity index (χ2v) is 10.6. The molecule has 4 rings (SSSR count). The fourth-order valence-electron chi connectivity index (χ4n) is 3.90. The number of ether oxygens (including phenoxy) is 1. The predicted octanol–water partition coefficient (Wildman–Crippen LogP) is 4.45. The minimum atomic E-state index is -3.54. The molecule has 0 saturated carbocycles. The van der Waals surface area contributed by atoms with Crippen LogP contribution in [0.5, 0.6) is 5.75 Å². The highest BCUT2D eigenvalue weighted by Gasteiger charge is 2.29. The quantitative estimate of drug-likeness (QED) is 0.444. The van der Waals surface area contributed by atoms with Gasteiger partial charge < -0.3 is 9.64 Å². The number of piperazine rings is 1. The average molecular weight is 481 g/mol. The molecular weight excluding hydrogens is 448 g/mol. The van der Waals surface area contributed by atoms with E-state index < -0.39 is 10.0 Å². The fourth-order valence-corrected chi connectivity index (χ4v) is 5.32. The number of nitrogens with zero attached hydrogens (tertiary/aromatic N) is 4. The molecule has 180 valence electrons. The first-order chi connectivity index (χ1) is 16.4. The zero-order valence-electron chi connectivity index (χ0n) is 20.1. The van der Waals surface area contributed by atoms with Gasteiger partial charge in [-0.3, -0.25) is 0 Å². The summed E-state index contributed by atoms with van der Waals surface area (Å²) in [7, 11) is -3.54. The lowest BCUT2D eigenvalue weighted by Gasteiger charge is -2.34. The van der Waals surface area contributed by atoms with Crippen LogP contribution in [0.4, 0.5) is 5.82 Å². The molecule has 0 spiro atoms. The summed E-state index contributed by atoms with van der Waals surface area (Å²) in [5.74, 6) is 1.46. The van der Waals surface area contributed by atoms with Crippen molar-refractivity contribution in [2.75, 3.05) is 37.7 Å². The van der Waals surface area contributed by atoms with Crippen LogP contribution in [-0.2, 0) is 10.0 Å². The Balaban J connectivity index is 1.37. The van der Waals surface area contributed by atoms with Crippen LogP contribution in [0.3, 0.4) is 0 Å². The summed E-state index contributed by atoms with van der Waals surface area (Å²) in [6.45, 7) is 8.85. The second-order valence-electron chi connectivity index (χ2n) is 8.64. The molecule has 1 fully saturated rings. The lowest BCUT2D eigenvalue weighted by Crippen LogP contribution is -2.48. The first-order valence-electron chi connectivity index (χ1n) is 11.8. The third kappa shape index (κ3) is 5.39. The highest BCUT2D eigenvalue weighted by molar-refractivity contribution is 7.89. The molecule has 0 amide bonds. The number of aromatic nitrogens is 2. The second kappa shape index (κ2) is 10.5. The molecule has 0 aliphatic carbocycles. The van der Waals surface area contributed by atoms with E-state index in [1.165, 1.54) is 15.4 Å². The van der Waals surface area contributed by atoms with E-state index >= 15 is 0 Å². The van der Waals surface area contributed by atoms with Gasteiger partial charge in [0, 0.05) is 31.7 Å². The Bertz CT molecular complexity index is 1200. The van der Waals surface area contributed by atoms with Gasteiger partial charge in [0.25, 0.3) is 0 Å². The van der Waals surface area contributed by atoms with E-state index in [9.17, 15) is 8.42 Å². The Kier molecular flexibility index (Phi) is 7.48. The van der Waals surface area contributed by atoms with Crippen LogP contribution in [0.15, 0.2) is 59.5 Å². The monoisotopic (exact) mass is 480 g/mol. The zero-order valence-corrected chi connectivity index (χ0v) is 20.9. The van der Waals surface area contributed by atoms with E-state index in [1.807, 2.05) is 12.1 Å². The number of benzene rings is 2. The molecule has 2 aromatic carbocycles. The maximum Gasteiger partial charge on any atom is 0.243 e. The molecule has 34 heavy (non-hydrogen) atoms. The standard InChI is InChI=1S/C26H32N4O3S/c1-4-5-18-33-23-8-10-24(11-9-23)34(31,32)30-16-14-29(15-17-30)26-13-12-25(27-28-26)22-7-6-20(2)21(3)19-22/h6-13,19H,4-5,14-18H2,1-3H3. The molecular formula is C26H32N4O3S. The summed E-state index contributed by atoms with van der Waals surface area (Å²) in [6, 6.07) is 16.9.